The number of benzene rings is 2. The van der Waals surface area contributed by atoms with Crippen LogP contribution in [0, 0.1) is 0 Å². The van der Waals surface area contributed by atoms with E-state index < -0.39 is 5.97 Å². The predicted octanol–water partition coefficient (Wildman–Crippen LogP) is 4.22. The third-order valence-electron chi connectivity index (χ3n) is 3.93. The molecule has 0 aliphatic rings. The second-order valence-corrected chi connectivity index (χ2v) is 6.86. The Hall–Kier alpha value is -2.80. The number of hydrogen-bond acceptors (Lipinski definition) is 5. The van der Waals surface area contributed by atoms with Crippen molar-refractivity contribution in [2.24, 2.45) is 0 Å². The van der Waals surface area contributed by atoms with Crippen LogP contribution in [0.15, 0.2) is 59.8 Å². The van der Waals surface area contributed by atoms with Crippen LogP contribution in [0.1, 0.15) is 23.7 Å². The van der Waals surface area contributed by atoms with Gasteiger partial charge in [0, 0.05) is 17.9 Å². The molecule has 0 aliphatic heterocycles. The van der Waals surface area contributed by atoms with Crippen molar-refractivity contribution in [2.45, 2.75) is 25.0 Å². The maximum Gasteiger partial charge on any atom is 0.335 e. The van der Waals surface area contributed by atoms with Gasteiger partial charge in [-0.1, -0.05) is 48.2 Å². The van der Waals surface area contributed by atoms with Gasteiger partial charge in [0.25, 0.3) is 0 Å². The fourth-order valence-corrected chi connectivity index (χ4v) is 3.53. The summed E-state index contributed by atoms with van der Waals surface area (Å²) in [6.07, 6.45) is 0.819. The smallest absolute Gasteiger partial charge is 0.335 e. The van der Waals surface area contributed by atoms with Crippen molar-refractivity contribution in [3.05, 3.63) is 60.2 Å². The minimum Gasteiger partial charge on any atom is -0.494 e. The third kappa shape index (κ3) is 4.89. The molecule has 1 heterocycles. The van der Waals surface area contributed by atoms with Gasteiger partial charge in [-0.05, 0) is 31.5 Å². The lowest BCUT2D eigenvalue weighted by Crippen LogP contribution is -2.03. The molecular formula is C20H21N3O3S. The van der Waals surface area contributed by atoms with Gasteiger partial charge < -0.3 is 14.4 Å². The molecule has 0 fully saturated rings. The van der Waals surface area contributed by atoms with Gasteiger partial charge in [0.2, 0.25) is 0 Å². The van der Waals surface area contributed by atoms with E-state index in [1.807, 2.05) is 30.3 Å². The summed E-state index contributed by atoms with van der Waals surface area (Å²) in [4.78, 5) is 11.0. The topological polar surface area (TPSA) is 77.2 Å². The Labute approximate surface area is 162 Å². The van der Waals surface area contributed by atoms with E-state index in [1.165, 1.54) is 6.07 Å². The molecule has 0 saturated carbocycles. The lowest BCUT2D eigenvalue weighted by molar-refractivity contribution is 0.0696. The second-order valence-electron chi connectivity index (χ2n) is 5.80. The molecule has 0 amide bonds. The van der Waals surface area contributed by atoms with Crippen molar-refractivity contribution in [3.8, 4) is 17.1 Å². The highest BCUT2D eigenvalue weighted by molar-refractivity contribution is 7.99. The zero-order chi connectivity index (χ0) is 19.1. The summed E-state index contributed by atoms with van der Waals surface area (Å²) in [5.41, 5.74) is 1.28. The molecule has 0 atom stereocenters. The maximum absolute atomic E-state index is 11.0. The van der Waals surface area contributed by atoms with Crippen molar-refractivity contribution in [1.29, 1.82) is 0 Å². The fourth-order valence-electron chi connectivity index (χ4n) is 2.61. The summed E-state index contributed by atoms with van der Waals surface area (Å²) in [5, 5.41) is 18.6. The van der Waals surface area contributed by atoms with E-state index in [2.05, 4.69) is 21.7 Å². The third-order valence-corrected chi connectivity index (χ3v) is 4.99. The Bertz CT molecular complexity index is 896. The molecule has 1 N–H and O–H groups in total. The number of aromatic nitrogens is 3. The van der Waals surface area contributed by atoms with Gasteiger partial charge in [0.15, 0.2) is 11.0 Å². The zero-order valence-corrected chi connectivity index (χ0v) is 15.9. The minimum absolute atomic E-state index is 0.228. The number of carboxylic acids is 1. The number of thioether (sulfide) groups is 1. The first kappa shape index (κ1) is 19.0. The van der Waals surface area contributed by atoms with Gasteiger partial charge >= 0.3 is 5.97 Å². The molecule has 0 unspecified atom stereocenters. The molecule has 0 bridgehead atoms. The predicted molar refractivity (Wildman–Crippen MR) is 105 cm³/mol. The highest BCUT2D eigenvalue weighted by Crippen LogP contribution is 2.24. The Kier molecular flexibility index (Phi) is 6.49. The normalized spacial score (nSPS) is 10.7. The quantitative estimate of drug-likeness (QED) is 0.440. The summed E-state index contributed by atoms with van der Waals surface area (Å²) in [6, 6.07) is 16.6. The number of nitrogens with zero attached hydrogens (tertiary/aromatic N) is 3. The summed E-state index contributed by atoms with van der Waals surface area (Å²) in [6.45, 7) is 3.40. The van der Waals surface area contributed by atoms with E-state index in [4.69, 9.17) is 9.84 Å². The zero-order valence-electron chi connectivity index (χ0n) is 15.0. The van der Waals surface area contributed by atoms with Crippen LogP contribution in [0.2, 0.25) is 0 Å². The molecular weight excluding hydrogens is 362 g/mol. The van der Waals surface area contributed by atoms with Gasteiger partial charge in [-0.2, -0.15) is 0 Å². The molecule has 7 heteroatoms. The molecule has 27 heavy (non-hydrogen) atoms. The molecule has 0 spiro atoms. The number of carboxylic acid groups (broad SMARTS) is 1. The summed E-state index contributed by atoms with van der Waals surface area (Å²) in [5.74, 6) is 1.33. The highest BCUT2D eigenvalue weighted by atomic mass is 32.2. The summed E-state index contributed by atoms with van der Waals surface area (Å²) in [7, 11) is 0. The van der Waals surface area contributed by atoms with Crippen LogP contribution in [0.5, 0.6) is 5.75 Å². The Balaban J connectivity index is 1.52. The van der Waals surface area contributed by atoms with Crippen LogP contribution in [0.4, 0.5) is 0 Å². The molecule has 1 aromatic heterocycles. The molecule has 3 rings (SSSR count). The van der Waals surface area contributed by atoms with Crippen LogP contribution >= 0.6 is 11.8 Å². The summed E-state index contributed by atoms with van der Waals surface area (Å²) >= 11 is 1.65. The molecule has 0 aliphatic carbocycles. The van der Waals surface area contributed by atoms with E-state index in [0.29, 0.717) is 12.4 Å². The van der Waals surface area contributed by atoms with Crippen molar-refractivity contribution in [3.63, 3.8) is 0 Å². The van der Waals surface area contributed by atoms with Crippen molar-refractivity contribution in [2.75, 3.05) is 12.4 Å². The van der Waals surface area contributed by atoms with Crippen molar-refractivity contribution in [1.82, 2.24) is 14.8 Å². The van der Waals surface area contributed by atoms with Gasteiger partial charge in [-0.15, -0.1) is 10.2 Å². The number of ether oxygens (including phenoxy) is 1. The molecule has 6 nitrogen and oxygen atoms in total. The highest BCUT2D eigenvalue weighted by Gasteiger charge is 2.12. The van der Waals surface area contributed by atoms with E-state index in [1.54, 1.807) is 30.0 Å². The lowest BCUT2D eigenvalue weighted by atomic mass is 10.2. The number of hydrogen-bond donors (Lipinski definition) is 1. The Morgan fingerprint density at radius 3 is 2.70 bits per heavy atom. The standard InChI is InChI=1S/C20H21N3O3S/c1-2-23-18(15-8-4-3-5-9-15)21-22-20(23)27-13-7-12-26-17-11-6-10-16(14-17)19(24)25/h3-6,8-11,14H,2,7,12-13H2,1H3,(H,24,25). The van der Waals surface area contributed by atoms with E-state index in [9.17, 15) is 4.79 Å². The first-order chi connectivity index (χ1) is 13.2. The number of aromatic carboxylic acids is 1. The maximum atomic E-state index is 11.0. The first-order valence-corrected chi connectivity index (χ1v) is 9.75. The summed E-state index contributed by atoms with van der Waals surface area (Å²) < 4.78 is 7.75. The van der Waals surface area contributed by atoms with E-state index in [0.717, 1.165) is 35.3 Å². The van der Waals surface area contributed by atoms with Gasteiger partial charge in [0.05, 0.1) is 12.2 Å². The van der Waals surface area contributed by atoms with E-state index >= 15 is 0 Å². The Morgan fingerprint density at radius 2 is 1.96 bits per heavy atom. The minimum atomic E-state index is -0.955. The lowest BCUT2D eigenvalue weighted by Gasteiger charge is -2.08. The molecule has 3 aromatic rings. The Morgan fingerprint density at radius 1 is 1.15 bits per heavy atom. The fraction of sp³-hybridized carbons (Fsp3) is 0.250. The van der Waals surface area contributed by atoms with E-state index in [-0.39, 0.29) is 5.56 Å². The van der Waals surface area contributed by atoms with Crippen LogP contribution in [-0.4, -0.2) is 38.2 Å². The second kappa shape index (κ2) is 9.23. The van der Waals surface area contributed by atoms with Crippen LogP contribution < -0.4 is 4.74 Å². The molecule has 0 radical (unpaired) electrons. The number of carbonyl (C=O) groups is 1. The van der Waals surface area contributed by atoms with Crippen LogP contribution in [0.3, 0.4) is 0 Å². The van der Waals surface area contributed by atoms with Crippen molar-refractivity contribution >= 4 is 17.7 Å². The molecule has 0 saturated heterocycles. The van der Waals surface area contributed by atoms with Crippen LogP contribution in [-0.2, 0) is 6.54 Å². The van der Waals surface area contributed by atoms with Crippen LogP contribution in [0.25, 0.3) is 11.4 Å². The van der Waals surface area contributed by atoms with Gasteiger partial charge in [-0.25, -0.2) is 4.79 Å². The first-order valence-electron chi connectivity index (χ1n) is 8.76. The largest absolute Gasteiger partial charge is 0.494 e. The number of rotatable bonds is 9. The average Bonchev–Trinajstić information content (AvgIpc) is 3.11. The SMILES string of the molecule is CCn1c(SCCCOc2cccc(C(=O)O)c2)nnc1-c1ccccc1. The molecule has 2 aromatic carbocycles. The average molecular weight is 383 g/mol. The van der Waals surface area contributed by atoms with Gasteiger partial charge in [-0.3, -0.25) is 0 Å². The van der Waals surface area contributed by atoms with Crippen molar-refractivity contribution < 1.29 is 14.6 Å². The monoisotopic (exact) mass is 383 g/mol. The van der Waals surface area contributed by atoms with Gasteiger partial charge in [0.1, 0.15) is 5.75 Å². The molecule has 140 valence electrons.